The van der Waals surface area contributed by atoms with E-state index >= 15 is 0 Å². The number of hydrogen-bond donors (Lipinski definition) is 2. The van der Waals surface area contributed by atoms with Crippen molar-refractivity contribution < 1.29 is 9.90 Å². The normalized spacial score (nSPS) is 9.58. The Hall–Kier alpha value is -1.26. The molecule has 0 aliphatic carbocycles. The maximum atomic E-state index is 9.00. The average Bonchev–Trinajstić information content (AvgIpc) is 1.87. The molecule has 0 aliphatic rings. The predicted molar refractivity (Wildman–Crippen MR) is 49.4 cm³/mol. The second-order valence-corrected chi connectivity index (χ2v) is 2.21. The van der Waals surface area contributed by atoms with E-state index < -0.39 is 5.97 Å². The minimum absolute atomic E-state index is 0.833. The molecule has 5 heteroatoms. The molecule has 0 bridgehead atoms. The number of rotatable bonds is 0. The molecule has 0 atom stereocenters. The average molecular weight is 175 g/mol. The van der Waals surface area contributed by atoms with Crippen LogP contribution in [0.2, 0.25) is 0 Å². The summed E-state index contributed by atoms with van der Waals surface area (Å²) in [6, 6.07) is 0. The van der Waals surface area contributed by atoms with Crippen LogP contribution >= 0.6 is 0 Å². The van der Waals surface area contributed by atoms with Gasteiger partial charge in [0.2, 0.25) is 0 Å². The number of carboxylic acids is 1. The van der Waals surface area contributed by atoms with Gasteiger partial charge in [-0.25, -0.2) is 0 Å². The molecule has 2 N–H and O–H groups in total. The molecule has 0 unspecified atom stereocenters. The largest absolute Gasteiger partial charge is 0.481 e. The summed E-state index contributed by atoms with van der Waals surface area (Å²) < 4.78 is 0. The first-order valence-electron chi connectivity index (χ1n) is 3.47. The Kier molecular flexibility index (Phi) is 8.72. The molecule has 0 aliphatic heterocycles. The van der Waals surface area contributed by atoms with Crippen molar-refractivity contribution >= 4 is 11.9 Å². The Labute approximate surface area is 73.1 Å². The molecule has 5 nitrogen and oxygen atoms in total. The minimum atomic E-state index is -0.833. The number of guanidine groups is 1. The van der Waals surface area contributed by atoms with Gasteiger partial charge in [-0.2, -0.15) is 0 Å². The third-order valence-electron chi connectivity index (χ3n) is 0.859. The van der Waals surface area contributed by atoms with E-state index in [1.54, 1.807) is 7.05 Å². The molecule has 72 valence electrons. The van der Waals surface area contributed by atoms with Crippen LogP contribution in [0, 0.1) is 0 Å². The summed E-state index contributed by atoms with van der Waals surface area (Å²) in [5.41, 5.74) is 0. The lowest BCUT2D eigenvalue weighted by Gasteiger charge is -2.12. The Bertz CT molecular complexity index is 151. The van der Waals surface area contributed by atoms with Crippen LogP contribution in [0.1, 0.15) is 6.92 Å². The van der Waals surface area contributed by atoms with Crippen molar-refractivity contribution in [2.45, 2.75) is 6.92 Å². The van der Waals surface area contributed by atoms with Gasteiger partial charge in [-0.3, -0.25) is 9.79 Å². The highest BCUT2D eigenvalue weighted by molar-refractivity contribution is 5.78. The first kappa shape index (κ1) is 13.3. The molecule has 0 aromatic heterocycles. The zero-order valence-corrected chi connectivity index (χ0v) is 8.25. The number of nitrogens with one attached hydrogen (secondary N) is 1. The van der Waals surface area contributed by atoms with Crippen LogP contribution in [0.5, 0.6) is 0 Å². The van der Waals surface area contributed by atoms with Crippen LogP contribution in [0.3, 0.4) is 0 Å². The van der Waals surface area contributed by atoms with Gasteiger partial charge in [-0.15, -0.1) is 0 Å². The summed E-state index contributed by atoms with van der Waals surface area (Å²) in [7, 11) is 7.49. The Morgan fingerprint density at radius 1 is 1.50 bits per heavy atom. The molecular formula is C7H17N3O2. The predicted octanol–water partition coefficient (Wildman–Crippen LogP) is -0.156. The Balaban J connectivity index is 0. The lowest BCUT2D eigenvalue weighted by atomic mass is 10.8. The summed E-state index contributed by atoms with van der Waals surface area (Å²) >= 11 is 0. The van der Waals surface area contributed by atoms with E-state index in [2.05, 4.69) is 10.3 Å². The maximum Gasteiger partial charge on any atom is 0.300 e. The van der Waals surface area contributed by atoms with Gasteiger partial charge in [0, 0.05) is 35.1 Å². The number of aliphatic carboxylic acids is 1. The number of carboxylic acid groups (broad SMARTS) is 1. The van der Waals surface area contributed by atoms with Crippen LogP contribution in [0.15, 0.2) is 4.99 Å². The summed E-state index contributed by atoms with van der Waals surface area (Å²) in [6.45, 7) is 1.08. The fourth-order valence-electron chi connectivity index (χ4n) is 0.535. The molecule has 0 aromatic carbocycles. The monoisotopic (exact) mass is 175 g/mol. The van der Waals surface area contributed by atoms with E-state index in [1.165, 1.54) is 0 Å². The molecule has 0 saturated heterocycles. The van der Waals surface area contributed by atoms with Gasteiger partial charge in [0.15, 0.2) is 5.96 Å². The fourth-order valence-corrected chi connectivity index (χ4v) is 0.535. The molecule has 0 saturated carbocycles. The smallest absolute Gasteiger partial charge is 0.300 e. The van der Waals surface area contributed by atoms with E-state index in [9.17, 15) is 0 Å². The third kappa shape index (κ3) is 11.5. The lowest BCUT2D eigenvalue weighted by molar-refractivity contribution is -0.134. The van der Waals surface area contributed by atoms with E-state index in [4.69, 9.17) is 9.90 Å². The fraction of sp³-hybridized carbons (Fsp3) is 0.714. The van der Waals surface area contributed by atoms with Crippen LogP contribution in [-0.2, 0) is 4.79 Å². The molecule has 0 amide bonds. The quantitative estimate of drug-likeness (QED) is 0.397. The van der Waals surface area contributed by atoms with Crippen LogP contribution in [0.25, 0.3) is 0 Å². The van der Waals surface area contributed by atoms with Crippen LogP contribution < -0.4 is 5.32 Å². The molecule has 0 fully saturated rings. The summed E-state index contributed by atoms with van der Waals surface area (Å²) in [4.78, 5) is 14.9. The highest BCUT2D eigenvalue weighted by Gasteiger charge is 1.91. The Morgan fingerprint density at radius 3 is 1.83 bits per heavy atom. The number of hydrogen-bond acceptors (Lipinski definition) is 2. The zero-order chi connectivity index (χ0) is 10.1. The molecule has 0 aromatic rings. The van der Waals surface area contributed by atoms with E-state index in [-0.39, 0.29) is 0 Å². The lowest BCUT2D eigenvalue weighted by Crippen LogP contribution is -2.33. The zero-order valence-electron chi connectivity index (χ0n) is 8.25. The first-order chi connectivity index (χ1) is 5.45. The second-order valence-electron chi connectivity index (χ2n) is 2.21. The number of aliphatic imine (C=N–C) groups is 1. The summed E-state index contributed by atoms with van der Waals surface area (Å²) in [6.07, 6.45) is 0. The van der Waals surface area contributed by atoms with Gasteiger partial charge in [0.05, 0.1) is 0 Å². The van der Waals surface area contributed by atoms with Crippen molar-refractivity contribution in [1.82, 2.24) is 10.2 Å². The number of carbonyl (C=O) groups is 1. The molecule has 0 spiro atoms. The van der Waals surface area contributed by atoms with Crippen molar-refractivity contribution in [2.24, 2.45) is 4.99 Å². The van der Waals surface area contributed by atoms with Gasteiger partial charge in [0.25, 0.3) is 5.97 Å². The van der Waals surface area contributed by atoms with Crippen molar-refractivity contribution in [2.75, 3.05) is 28.2 Å². The standard InChI is InChI=1S/C5H13N3.C2H4O2/c1-6-5(7-2)8(3)4;1-2(3)4/h1-4H3,(H,6,7);1H3,(H,3,4). The van der Waals surface area contributed by atoms with E-state index in [0.717, 1.165) is 12.9 Å². The third-order valence-corrected chi connectivity index (χ3v) is 0.859. The Morgan fingerprint density at radius 2 is 1.83 bits per heavy atom. The van der Waals surface area contributed by atoms with Gasteiger partial charge in [-0.1, -0.05) is 0 Å². The highest BCUT2D eigenvalue weighted by Crippen LogP contribution is 1.73. The van der Waals surface area contributed by atoms with Crippen LogP contribution in [0.4, 0.5) is 0 Å². The molecule has 12 heavy (non-hydrogen) atoms. The van der Waals surface area contributed by atoms with Crippen molar-refractivity contribution in [3.05, 3.63) is 0 Å². The van der Waals surface area contributed by atoms with E-state index in [0.29, 0.717) is 0 Å². The van der Waals surface area contributed by atoms with Crippen molar-refractivity contribution in [3.63, 3.8) is 0 Å². The SMILES string of the molecule is C/N=C(\NC)N(C)C.CC(=O)O. The van der Waals surface area contributed by atoms with Gasteiger partial charge >= 0.3 is 0 Å². The molecular weight excluding hydrogens is 158 g/mol. The molecule has 0 heterocycles. The van der Waals surface area contributed by atoms with Gasteiger partial charge < -0.3 is 15.3 Å². The molecule has 0 rings (SSSR count). The van der Waals surface area contributed by atoms with Crippen molar-refractivity contribution in [1.29, 1.82) is 0 Å². The first-order valence-corrected chi connectivity index (χ1v) is 3.47. The minimum Gasteiger partial charge on any atom is -0.481 e. The summed E-state index contributed by atoms with van der Waals surface area (Å²) in [5.74, 6) is 0.0602. The topological polar surface area (TPSA) is 64.9 Å². The van der Waals surface area contributed by atoms with Crippen molar-refractivity contribution in [3.8, 4) is 0 Å². The van der Waals surface area contributed by atoms with Gasteiger partial charge in [-0.05, 0) is 0 Å². The maximum absolute atomic E-state index is 9.00. The molecule has 0 radical (unpaired) electrons. The highest BCUT2D eigenvalue weighted by atomic mass is 16.4. The number of nitrogens with zero attached hydrogens (tertiary/aromatic N) is 2. The summed E-state index contributed by atoms with van der Waals surface area (Å²) in [5, 5.41) is 10.3. The van der Waals surface area contributed by atoms with Crippen LogP contribution in [-0.4, -0.2) is 50.1 Å². The van der Waals surface area contributed by atoms with E-state index in [1.807, 2.05) is 26.0 Å². The van der Waals surface area contributed by atoms with Gasteiger partial charge in [0.1, 0.15) is 0 Å². The second kappa shape index (κ2) is 7.84.